The number of nitrogens with zero attached hydrogens (tertiary/aromatic N) is 1. The van der Waals surface area contributed by atoms with Gasteiger partial charge in [0.05, 0.1) is 0 Å². The van der Waals surface area contributed by atoms with Crippen LogP contribution >= 0.6 is 0 Å². The first-order chi connectivity index (χ1) is 6.76. The Labute approximate surface area is 89.5 Å². The maximum atomic E-state index is 11.1. The van der Waals surface area contributed by atoms with Gasteiger partial charge in [0.1, 0.15) is 11.7 Å². The van der Waals surface area contributed by atoms with Crippen molar-refractivity contribution in [3.8, 4) is 0 Å². The summed E-state index contributed by atoms with van der Waals surface area (Å²) in [6.07, 6.45) is 1.01. The average Bonchev–Trinajstić information content (AvgIpc) is 2.79. The third-order valence-corrected chi connectivity index (χ3v) is 2.92. The van der Waals surface area contributed by atoms with Crippen molar-refractivity contribution in [3.05, 3.63) is 11.4 Å². The predicted molar refractivity (Wildman–Crippen MR) is 52.6 cm³/mol. The SMILES string of the molecule is O=C=O.[C-]#[N+][C@@]1(C(C)(C)C)C[C@H]1C(C)=O. The topological polar surface area (TPSA) is 55.6 Å². The summed E-state index contributed by atoms with van der Waals surface area (Å²) in [6.45, 7) is 14.8. The quantitative estimate of drug-likeness (QED) is 0.618. The summed E-state index contributed by atoms with van der Waals surface area (Å²) in [7, 11) is 0. The summed E-state index contributed by atoms with van der Waals surface area (Å²) < 4.78 is 0. The highest BCUT2D eigenvalue weighted by Crippen LogP contribution is 2.58. The summed E-state index contributed by atoms with van der Waals surface area (Å²) in [6, 6.07) is 0. The van der Waals surface area contributed by atoms with Crippen LogP contribution in [0.5, 0.6) is 0 Å². The maximum Gasteiger partial charge on any atom is 0.373 e. The van der Waals surface area contributed by atoms with Gasteiger partial charge in [-0.3, -0.25) is 4.79 Å². The fourth-order valence-electron chi connectivity index (χ4n) is 1.85. The van der Waals surface area contributed by atoms with Crippen LogP contribution in [-0.4, -0.2) is 17.5 Å². The molecular weight excluding hydrogens is 194 g/mol. The molecule has 0 spiro atoms. The number of rotatable bonds is 1. The number of hydrogen-bond donors (Lipinski definition) is 0. The van der Waals surface area contributed by atoms with Gasteiger partial charge in [-0.15, -0.1) is 0 Å². The third-order valence-electron chi connectivity index (χ3n) is 2.92. The molecule has 0 unspecified atom stereocenters. The molecule has 2 atom stereocenters. The predicted octanol–water partition coefficient (Wildman–Crippen LogP) is 1.72. The van der Waals surface area contributed by atoms with Gasteiger partial charge in [0.25, 0.3) is 0 Å². The van der Waals surface area contributed by atoms with Crippen LogP contribution in [-0.2, 0) is 14.4 Å². The van der Waals surface area contributed by atoms with E-state index in [1.807, 2.05) is 20.8 Å². The Morgan fingerprint density at radius 2 is 1.87 bits per heavy atom. The number of Topliss-reactive ketones (excluding diaryl/α,β-unsaturated/α-hetero) is 1. The highest BCUT2D eigenvalue weighted by Gasteiger charge is 2.71. The zero-order valence-electron chi connectivity index (χ0n) is 9.46. The van der Waals surface area contributed by atoms with Crippen LogP contribution in [0.3, 0.4) is 0 Å². The first kappa shape index (κ1) is 13.5. The van der Waals surface area contributed by atoms with Gasteiger partial charge in [0, 0.05) is 11.8 Å². The van der Waals surface area contributed by atoms with E-state index in [2.05, 4.69) is 4.85 Å². The van der Waals surface area contributed by atoms with Crippen LogP contribution in [0.15, 0.2) is 0 Å². The van der Waals surface area contributed by atoms with E-state index in [1.165, 1.54) is 0 Å². The molecule has 0 aliphatic heterocycles. The Morgan fingerprint density at radius 3 is 1.93 bits per heavy atom. The van der Waals surface area contributed by atoms with Crippen LogP contribution in [0.4, 0.5) is 0 Å². The Hall–Kier alpha value is -1.46. The van der Waals surface area contributed by atoms with Crippen molar-refractivity contribution in [2.45, 2.75) is 39.7 Å². The minimum atomic E-state index is -0.390. The maximum absolute atomic E-state index is 11.1. The lowest BCUT2D eigenvalue weighted by molar-refractivity contribution is -0.191. The van der Waals surface area contributed by atoms with Gasteiger partial charge in [-0.05, 0) is 6.92 Å². The molecule has 0 amide bonds. The zero-order valence-corrected chi connectivity index (χ0v) is 9.46. The Morgan fingerprint density at radius 1 is 1.47 bits per heavy atom. The molecular formula is C11H15NO3. The Kier molecular flexibility index (Phi) is 3.95. The third kappa shape index (κ3) is 2.51. The number of carbonyl (C=O) groups excluding carboxylic acids is 3. The number of carbonyl (C=O) groups is 1. The van der Waals surface area contributed by atoms with Crippen molar-refractivity contribution in [2.75, 3.05) is 0 Å². The molecule has 0 N–H and O–H groups in total. The van der Waals surface area contributed by atoms with E-state index in [1.54, 1.807) is 6.92 Å². The second-order valence-corrected chi connectivity index (χ2v) is 4.74. The molecule has 0 bridgehead atoms. The van der Waals surface area contributed by atoms with E-state index in [0.29, 0.717) is 0 Å². The van der Waals surface area contributed by atoms with Crippen molar-refractivity contribution in [1.82, 2.24) is 0 Å². The van der Waals surface area contributed by atoms with Crippen LogP contribution < -0.4 is 0 Å². The van der Waals surface area contributed by atoms with Gasteiger partial charge < -0.3 is 4.85 Å². The van der Waals surface area contributed by atoms with Crippen molar-refractivity contribution in [2.24, 2.45) is 11.3 Å². The van der Waals surface area contributed by atoms with E-state index >= 15 is 0 Å². The lowest BCUT2D eigenvalue weighted by Gasteiger charge is -2.20. The molecule has 1 rings (SSSR count). The molecule has 15 heavy (non-hydrogen) atoms. The molecule has 82 valence electrons. The second-order valence-electron chi connectivity index (χ2n) is 4.74. The van der Waals surface area contributed by atoms with Gasteiger partial charge in [-0.1, -0.05) is 20.8 Å². The Balaban J connectivity index is 0.000000583. The minimum Gasteiger partial charge on any atom is -0.309 e. The first-order valence-corrected chi connectivity index (χ1v) is 4.65. The summed E-state index contributed by atoms with van der Waals surface area (Å²) in [5.74, 6) is 0.163. The largest absolute Gasteiger partial charge is 0.373 e. The zero-order chi connectivity index (χ0) is 12.3. The Bertz CT molecular complexity index is 329. The van der Waals surface area contributed by atoms with Crippen LogP contribution in [0.1, 0.15) is 34.1 Å². The van der Waals surface area contributed by atoms with Gasteiger partial charge in [0.2, 0.25) is 5.54 Å². The molecule has 1 aliphatic rings. The van der Waals surface area contributed by atoms with E-state index in [4.69, 9.17) is 16.2 Å². The fraction of sp³-hybridized carbons (Fsp3) is 0.727. The highest BCUT2D eigenvalue weighted by molar-refractivity contribution is 5.84. The number of ketones is 1. The molecule has 4 nitrogen and oxygen atoms in total. The smallest absolute Gasteiger partial charge is 0.309 e. The molecule has 0 radical (unpaired) electrons. The highest BCUT2D eigenvalue weighted by atomic mass is 16.2. The molecule has 0 aromatic rings. The van der Waals surface area contributed by atoms with E-state index in [0.717, 1.165) is 6.42 Å². The molecule has 1 aliphatic carbocycles. The molecule has 0 aromatic heterocycles. The van der Waals surface area contributed by atoms with Crippen molar-refractivity contribution < 1.29 is 14.4 Å². The van der Waals surface area contributed by atoms with E-state index in [9.17, 15) is 4.79 Å². The summed E-state index contributed by atoms with van der Waals surface area (Å²) in [5.41, 5.74) is -0.454. The lowest BCUT2D eigenvalue weighted by Crippen LogP contribution is -2.28. The fourth-order valence-corrected chi connectivity index (χ4v) is 1.85. The summed E-state index contributed by atoms with van der Waals surface area (Å²) >= 11 is 0. The normalized spacial score (nSPS) is 27.8. The second kappa shape index (κ2) is 4.37. The lowest BCUT2D eigenvalue weighted by atomic mass is 9.82. The van der Waals surface area contributed by atoms with Crippen LogP contribution in [0, 0.1) is 17.9 Å². The summed E-state index contributed by atoms with van der Waals surface area (Å²) in [5, 5.41) is 0. The molecule has 1 saturated carbocycles. The molecule has 1 fully saturated rings. The molecule has 0 heterocycles. The van der Waals surface area contributed by atoms with Gasteiger partial charge >= 0.3 is 6.15 Å². The van der Waals surface area contributed by atoms with Crippen LogP contribution in [0.25, 0.3) is 4.85 Å². The average molecular weight is 209 g/mol. The first-order valence-electron chi connectivity index (χ1n) is 4.65. The van der Waals surface area contributed by atoms with Crippen molar-refractivity contribution in [1.29, 1.82) is 0 Å². The van der Waals surface area contributed by atoms with Gasteiger partial charge in [-0.25, -0.2) is 6.57 Å². The summed E-state index contributed by atoms with van der Waals surface area (Å²) in [4.78, 5) is 31.0. The minimum absolute atomic E-state index is 0.00463. The monoisotopic (exact) mass is 209 g/mol. The standard InChI is InChI=1S/C10H15NO.CO2/c1-7(12)8-6-10(8,11-5)9(2,3)4;2-1-3/h8H,6H2,1-4H3;/t8-,10-;/m0./s1. The molecule has 0 aromatic carbocycles. The van der Waals surface area contributed by atoms with Crippen molar-refractivity contribution >= 4 is 11.9 Å². The van der Waals surface area contributed by atoms with Crippen LogP contribution in [0.2, 0.25) is 0 Å². The molecule has 4 heteroatoms. The number of hydrogen-bond acceptors (Lipinski definition) is 3. The van der Waals surface area contributed by atoms with Gasteiger partial charge in [0.15, 0.2) is 0 Å². The van der Waals surface area contributed by atoms with Gasteiger partial charge in [-0.2, -0.15) is 9.59 Å². The van der Waals surface area contributed by atoms with E-state index in [-0.39, 0.29) is 23.3 Å². The van der Waals surface area contributed by atoms with Crippen molar-refractivity contribution in [3.63, 3.8) is 0 Å². The molecule has 0 saturated heterocycles. The van der Waals surface area contributed by atoms with E-state index < -0.39 is 5.54 Å².